The fraction of sp³-hybridized carbons (Fsp3) is 0.611. The lowest BCUT2D eigenvalue weighted by Gasteiger charge is -2.33. The van der Waals surface area contributed by atoms with E-state index in [2.05, 4.69) is 9.97 Å². The Balaban J connectivity index is 1.73. The fourth-order valence-corrected chi connectivity index (χ4v) is 3.40. The summed E-state index contributed by atoms with van der Waals surface area (Å²) in [4.78, 5) is 21.5. The zero-order valence-electron chi connectivity index (χ0n) is 16.1. The molecular weight excluding hydrogens is 375 g/mol. The minimum atomic E-state index is -4.54. The van der Waals surface area contributed by atoms with E-state index in [1.165, 1.54) is 10.9 Å². The molecule has 0 bridgehead atoms. The summed E-state index contributed by atoms with van der Waals surface area (Å²) in [5, 5.41) is -0.166. The maximum Gasteiger partial charge on any atom is 0.418 e. The summed E-state index contributed by atoms with van der Waals surface area (Å²) in [6.07, 6.45) is -1.35. The van der Waals surface area contributed by atoms with E-state index in [1.807, 2.05) is 0 Å². The van der Waals surface area contributed by atoms with Crippen molar-refractivity contribution in [3.8, 4) is 0 Å². The number of hydrogen-bond donors (Lipinski definition) is 1. The van der Waals surface area contributed by atoms with Gasteiger partial charge in [-0.25, -0.2) is 14.8 Å². The first-order chi connectivity index (χ1) is 13.0. The molecule has 2 aromatic heterocycles. The van der Waals surface area contributed by atoms with Crippen molar-refractivity contribution in [1.29, 1.82) is 0 Å². The van der Waals surface area contributed by atoms with Crippen LogP contribution in [0, 0.1) is 5.92 Å². The van der Waals surface area contributed by atoms with E-state index in [1.54, 1.807) is 25.7 Å². The van der Waals surface area contributed by atoms with Crippen LogP contribution in [-0.2, 0) is 17.5 Å². The highest BCUT2D eigenvalue weighted by Gasteiger charge is 2.36. The van der Waals surface area contributed by atoms with Crippen LogP contribution in [0.2, 0.25) is 0 Å². The van der Waals surface area contributed by atoms with Crippen molar-refractivity contribution in [2.24, 2.45) is 5.92 Å². The summed E-state index contributed by atoms with van der Waals surface area (Å²) in [5.74, 6) is -0.0672. The minimum Gasteiger partial charge on any atom is -0.444 e. The summed E-state index contributed by atoms with van der Waals surface area (Å²) < 4.78 is 47.0. The first kappa shape index (κ1) is 20.2. The van der Waals surface area contributed by atoms with E-state index < -0.39 is 17.3 Å². The van der Waals surface area contributed by atoms with Gasteiger partial charge in [0.05, 0.1) is 10.9 Å². The van der Waals surface area contributed by atoms with Gasteiger partial charge < -0.3 is 19.9 Å². The Morgan fingerprint density at radius 1 is 1.25 bits per heavy atom. The van der Waals surface area contributed by atoms with Gasteiger partial charge in [0.2, 0.25) is 0 Å². The third-order valence-corrected chi connectivity index (χ3v) is 4.71. The maximum atomic E-state index is 13.4. The van der Waals surface area contributed by atoms with Gasteiger partial charge in [-0.1, -0.05) is 0 Å². The van der Waals surface area contributed by atoms with Crippen LogP contribution in [0.15, 0.2) is 12.5 Å². The molecule has 1 aliphatic heterocycles. The molecule has 10 heteroatoms. The molecule has 1 aliphatic rings. The van der Waals surface area contributed by atoms with Gasteiger partial charge in [-0.3, -0.25) is 0 Å². The number of nitrogens with two attached hydrogens (primary N) is 1. The Morgan fingerprint density at radius 2 is 1.89 bits per heavy atom. The predicted octanol–water partition coefficient (Wildman–Crippen LogP) is 3.68. The number of alkyl halides is 3. The van der Waals surface area contributed by atoms with Crippen LogP contribution >= 0.6 is 0 Å². The van der Waals surface area contributed by atoms with Crippen LogP contribution in [0.25, 0.3) is 11.0 Å². The predicted molar refractivity (Wildman–Crippen MR) is 97.5 cm³/mol. The molecule has 2 N–H and O–H groups in total. The number of nitrogen functional groups attached to an aromatic ring is 1. The Morgan fingerprint density at radius 3 is 2.46 bits per heavy atom. The number of likely N-dealkylation sites (tertiary alicyclic amines) is 1. The number of amides is 1. The monoisotopic (exact) mass is 399 g/mol. The Hall–Kier alpha value is -2.52. The molecule has 1 saturated heterocycles. The number of nitrogens with zero attached hydrogens (tertiary/aromatic N) is 4. The Kier molecular flexibility index (Phi) is 5.16. The number of carbonyl (C=O) groups is 1. The average molecular weight is 399 g/mol. The Bertz CT molecular complexity index is 864. The molecule has 7 nitrogen and oxygen atoms in total. The Labute approximate surface area is 160 Å². The van der Waals surface area contributed by atoms with Crippen molar-refractivity contribution in [1.82, 2.24) is 19.4 Å². The number of carbonyl (C=O) groups excluding carboxylic acids is 1. The van der Waals surface area contributed by atoms with E-state index in [-0.39, 0.29) is 28.9 Å². The zero-order valence-corrected chi connectivity index (χ0v) is 16.1. The normalized spacial score (nSPS) is 16.6. The topological polar surface area (TPSA) is 86.3 Å². The first-order valence-corrected chi connectivity index (χ1v) is 9.10. The van der Waals surface area contributed by atoms with Crippen molar-refractivity contribution in [3.63, 3.8) is 0 Å². The summed E-state index contributed by atoms with van der Waals surface area (Å²) >= 11 is 0. The van der Waals surface area contributed by atoms with E-state index >= 15 is 0 Å². The molecule has 0 unspecified atom stereocenters. The molecule has 0 spiro atoms. The third-order valence-electron chi connectivity index (χ3n) is 4.71. The van der Waals surface area contributed by atoms with Gasteiger partial charge in [0.15, 0.2) is 0 Å². The zero-order chi connectivity index (χ0) is 20.7. The lowest BCUT2D eigenvalue weighted by atomic mass is 9.97. The van der Waals surface area contributed by atoms with Crippen LogP contribution < -0.4 is 5.73 Å². The third kappa shape index (κ3) is 4.31. The van der Waals surface area contributed by atoms with Gasteiger partial charge in [-0.2, -0.15) is 13.2 Å². The molecule has 0 saturated carbocycles. The molecule has 0 radical (unpaired) electrons. The fourth-order valence-electron chi connectivity index (χ4n) is 3.40. The second-order valence-corrected chi connectivity index (χ2v) is 8.06. The largest absolute Gasteiger partial charge is 0.444 e. The molecule has 0 aliphatic carbocycles. The molecule has 0 aromatic carbocycles. The molecule has 28 heavy (non-hydrogen) atoms. The van der Waals surface area contributed by atoms with Gasteiger partial charge in [0, 0.05) is 25.8 Å². The van der Waals surface area contributed by atoms with Crippen molar-refractivity contribution in [3.05, 3.63) is 18.1 Å². The lowest BCUT2D eigenvalue weighted by molar-refractivity contribution is -0.136. The molecular formula is C18H24F3N5O2. The van der Waals surface area contributed by atoms with Crippen molar-refractivity contribution in [2.75, 3.05) is 18.8 Å². The highest BCUT2D eigenvalue weighted by atomic mass is 19.4. The van der Waals surface area contributed by atoms with Gasteiger partial charge in [0.25, 0.3) is 0 Å². The quantitative estimate of drug-likeness (QED) is 0.833. The highest BCUT2D eigenvalue weighted by Crippen LogP contribution is 2.38. The number of halogens is 3. The lowest BCUT2D eigenvalue weighted by Crippen LogP contribution is -2.42. The molecule has 0 atom stereocenters. The van der Waals surface area contributed by atoms with E-state index in [9.17, 15) is 18.0 Å². The van der Waals surface area contributed by atoms with Gasteiger partial charge in [-0.05, 0) is 39.5 Å². The van der Waals surface area contributed by atoms with E-state index in [4.69, 9.17) is 10.5 Å². The number of piperidine rings is 1. The number of ether oxygens (including phenoxy) is 1. The van der Waals surface area contributed by atoms with Crippen LogP contribution in [-0.4, -0.2) is 44.2 Å². The molecule has 3 heterocycles. The van der Waals surface area contributed by atoms with Crippen molar-refractivity contribution >= 4 is 22.9 Å². The van der Waals surface area contributed by atoms with Crippen LogP contribution in [0.5, 0.6) is 0 Å². The number of rotatable bonds is 2. The second kappa shape index (κ2) is 7.14. The molecule has 3 rings (SSSR count). The molecule has 2 aromatic rings. The number of anilines is 1. The molecule has 154 valence electrons. The molecule has 1 amide bonds. The maximum absolute atomic E-state index is 13.4. The first-order valence-electron chi connectivity index (χ1n) is 9.10. The van der Waals surface area contributed by atoms with Crippen LogP contribution in [0.3, 0.4) is 0 Å². The van der Waals surface area contributed by atoms with Crippen LogP contribution in [0.4, 0.5) is 23.8 Å². The smallest absolute Gasteiger partial charge is 0.418 e. The summed E-state index contributed by atoms with van der Waals surface area (Å²) in [7, 11) is 0. The number of aromatic nitrogens is 3. The summed E-state index contributed by atoms with van der Waals surface area (Å²) in [6.45, 7) is 6.79. The van der Waals surface area contributed by atoms with Gasteiger partial charge in [0.1, 0.15) is 23.4 Å². The summed E-state index contributed by atoms with van der Waals surface area (Å²) in [6, 6.07) is 0. The highest BCUT2D eigenvalue weighted by molar-refractivity contribution is 5.90. The SMILES string of the molecule is CC(C)(C)OC(=O)N1CCC(Cn2cc(C(F)(F)F)c3c(N)ncnc32)CC1. The van der Waals surface area contributed by atoms with E-state index in [0.717, 1.165) is 6.20 Å². The van der Waals surface area contributed by atoms with Crippen molar-refractivity contribution < 1.29 is 22.7 Å². The van der Waals surface area contributed by atoms with E-state index in [0.29, 0.717) is 32.5 Å². The molecule has 1 fully saturated rings. The summed E-state index contributed by atoms with van der Waals surface area (Å²) in [5.41, 5.74) is 4.46. The van der Waals surface area contributed by atoms with Gasteiger partial charge >= 0.3 is 12.3 Å². The minimum absolute atomic E-state index is 0.117. The standard InChI is InChI=1S/C18H24F3N5O2/c1-17(2,3)28-16(27)25-6-4-11(5-7-25)8-26-9-12(18(19,20)21)13-14(22)23-10-24-15(13)26/h9-11H,4-8H2,1-3H3,(H2,22,23,24). The second-order valence-electron chi connectivity index (χ2n) is 8.06. The number of hydrogen-bond acceptors (Lipinski definition) is 5. The average Bonchev–Trinajstić information content (AvgIpc) is 2.94. The van der Waals surface area contributed by atoms with Crippen LogP contribution in [0.1, 0.15) is 39.2 Å². The van der Waals surface area contributed by atoms with Gasteiger partial charge in [-0.15, -0.1) is 0 Å². The van der Waals surface area contributed by atoms with Crippen molar-refractivity contribution in [2.45, 2.75) is 51.9 Å². The number of fused-ring (bicyclic) bond motifs is 1.